The highest BCUT2D eigenvalue weighted by Crippen LogP contribution is 2.55. The highest BCUT2D eigenvalue weighted by Gasteiger charge is 2.38. The van der Waals surface area contributed by atoms with Crippen LogP contribution in [0.1, 0.15) is 25.0 Å². The van der Waals surface area contributed by atoms with Crippen molar-refractivity contribution in [3.8, 4) is 67.3 Å². The van der Waals surface area contributed by atoms with Crippen molar-refractivity contribution < 1.29 is 0 Å². The second-order valence-electron chi connectivity index (χ2n) is 15.7. The van der Waals surface area contributed by atoms with Crippen LogP contribution < -0.4 is 0 Å². The van der Waals surface area contributed by atoms with Crippen molar-refractivity contribution in [1.29, 1.82) is 0 Å². The van der Waals surface area contributed by atoms with E-state index in [1.165, 1.54) is 65.9 Å². The van der Waals surface area contributed by atoms with Gasteiger partial charge in [0.1, 0.15) is 0 Å². The Morgan fingerprint density at radius 2 is 0.860 bits per heavy atom. The summed E-state index contributed by atoms with van der Waals surface area (Å²) in [5.41, 5.74) is 15.0. The van der Waals surface area contributed by atoms with Crippen LogP contribution in [0.4, 0.5) is 0 Å². The highest BCUT2D eigenvalue weighted by molar-refractivity contribution is 6.11. The van der Waals surface area contributed by atoms with Crippen molar-refractivity contribution in [3.05, 3.63) is 205 Å². The van der Waals surface area contributed by atoms with Gasteiger partial charge in [-0.3, -0.25) is 0 Å². The van der Waals surface area contributed by atoms with E-state index in [0.29, 0.717) is 5.82 Å². The Balaban J connectivity index is 1.14. The molecule has 0 amide bonds. The van der Waals surface area contributed by atoms with E-state index < -0.39 is 0 Å². The molecule has 0 unspecified atom stereocenters. The lowest BCUT2D eigenvalue weighted by Crippen LogP contribution is -2.14. The number of hydrogen-bond donors (Lipinski definition) is 0. The summed E-state index contributed by atoms with van der Waals surface area (Å²) in [6.07, 6.45) is 0. The van der Waals surface area contributed by atoms with E-state index in [1.807, 2.05) is 0 Å². The molecule has 9 aromatic carbocycles. The minimum Gasteiger partial charge on any atom is -0.228 e. The van der Waals surface area contributed by atoms with Crippen LogP contribution in [0.25, 0.3) is 99.6 Å². The average Bonchev–Trinajstić information content (AvgIpc) is 3.52. The summed E-state index contributed by atoms with van der Waals surface area (Å²) in [6.45, 7) is 4.73. The van der Waals surface area contributed by atoms with E-state index in [1.54, 1.807) is 0 Å². The Morgan fingerprint density at radius 1 is 0.333 bits per heavy atom. The normalized spacial score (nSPS) is 12.9. The van der Waals surface area contributed by atoms with E-state index in [-0.39, 0.29) is 5.41 Å². The molecular formula is C55H38N2. The van der Waals surface area contributed by atoms with Gasteiger partial charge in [0.05, 0.1) is 11.4 Å². The van der Waals surface area contributed by atoms with E-state index in [9.17, 15) is 0 Å². The maximum absolute atomic E-state index is 5.45. The first-order valence-corrected chi connectivity index (χ1v) is 19.8. The van der Waals surface area contributed by atoms with Crippen LogP contribution in [0.15, 0.2) is 194 Å². The Kier molecular flexibility index (Phi) is 7.55. The average molecular weight is 727 g/mol. The molecule has 1 aliphatic carbocycles. The number of nitrogens with zero attached hydrogens (tertiary/aromatic N) is 2. The zero-order valence-corrected chi connectivity index (χ0v) is 31.9. The summed E-state index contributed by atoms with van der Waals surface area (Å²) in [4.78, 5) is 10.8. The molecule has 10 aromatic rings. The van der Waals surface area contributed by atoms with Gasteiger partial charge in [-0.05, 0) is 89.0 Å². The van der Waals surface area contributed by atoms with Crippen molar-refractivity contribution in [1.82, 2.24) is 9.97 Å². The number of benzene rings is 9. The quantitative estimate of drug-likeness (QED) is 0.176. The zero-order valence-electron chi connectivity index (χ0n) is 31.9. The van der Waals surface area contributed by atoms with Gasteiger partial charge >= 0.3 is 0 Å². The molecule has 2 heteroatoms. The van der Waals surface area contributed by atoms with Crippen molar-refractivity contribution in [2.75, 3.05) is 0 Å². The fourth-order valence-corrected chi connectivity index (χ4v) is 9.37. The van der Waals surface area contributed by atoms with Crippen LogP contribution in [0.3, 0.4) is 0 Å². The lowest BCUT2D eigenvalue weighted by atomic mass is 9.81. The molecule has 0 saturated carbocycles. The van der Waals surface area contributed by atoms with Gasteiger partial charge in [0.15, 0.2) is 5.82 Å². The molecule has 0 aliphatic heterocycles. The summed E-state index contributed by atoms with van der Waals surface area (Å²) in [5, 5.41) is 7.32. The third-order valence-corrected chi connectivity index (χ3v) is 12.1. The fraction of sp³-hybridized carbons (Fsp3) is 0.0545. The zero-order chi connectivity index (χ0) is 38.1. The smallest absolute Gasteiger partial charge is 0.161 e. The van der Waals surface area contributed by atoms with Crippen molar-refractivity contribution >= 4 is 32.3 Å². The summed E-state index contributed by atoms with van der Waals surface area (Å²) in [6, 6.07) is 70.0. The predicted octanol–water partition coefficient (Wildman–Crippen LogP) is 14.6. The van der Waals surface area contributed by atoms with Crippen LogP contribution >= 0.6 is 0 Å². The maximum atomic E-state index is 5.45. The molecule has 1 aliphatic rings. The first kappa shape index (κ1) is 33.2. The third-order valence-electron chi connectivity index (χ3n) is 12.1. The Bertz CT molecular complexity index is 3210. The Hall–Kier alpha value is -7.16. The molecule has 0 saturated heterocycles. The summed E-state index contributed by atoms with van der Waals surface area (Å²) >= 11 is 0. The minimum absolute atomic E-state index is 0.120. The second-order valence-corrected chi connectivity index (χ2v) is 15.7. The fourth-order valence-electron chi connectivity index (χ4n) is 9.37. The molecule has 0 N–H and O–H groups in total. The van der Waals surface area contributed by atoms with Crippen LogP contribution in [-0.4, -0.2) is 9.97 Å². The molecule has 0 radical (unpaired) electrons. The highest BCUT2D eigenvalue weighted by atomic mass is 14.9. The van der Waals surface area contributed by atoms with E-state index in [0.717, 1.165) is 39.0 Å². The Labute approximate surface area is 332 Å². The maximum Gasteiger partial charge on any atom is 0.161 e. The van der Waals surface area contributed by atoms with Crippen molar-refractivity contribution in [3.63, 3.8) is 0 Å². The first-order chi connectivity index (χ1) is 28.0. The molecule has 1 heterocycles. The van der Waals surface area contributed by atoms with Crippen LogP contribution in [0.2, 0.25) is 0 Å². The monoisotopic (exact) mass is 726 g/mol. The number of hydrogen-bond acceptors (Lipinski definition) is 2. The molecule has 11 rings (SSSR count). The molecule has 1 aromatic heterocycles. The van der Waals surface area contributed by atoms with Gasteiger partial charge in [0.25, 0.3) is 0 Å². The van der Waals surface area contributed by atoms with Gasteiger partial charge in [-0.2, -0.15) is 0 Å². The second kappa shape index (κ2) is 13.0. The van der Waals surface area contributed by atoms with Gasteiger partial charge in [0.2, 0.25) is 0 Å². The molecule has 0 spiro atoms. The first-order valence-electron chi connectivity index (χ1n) is 19.8. The summed E-state index contributed by atoms with van der Waals surface area (Å²) in [5.74, 6) is 0.706. The Morgan fingerprint density at radius 3 is 1.67 bits per heavy atom. The van der Waals surface area contributed by atoms with Crippen molar-refractivity contribution in [2.24, 2.45) is 0 Å². The third kappa shape index (κ3) is 5.25. The molecule has 0 fully saturated rings. The summed E-state index contributed by atoms with van der Waals surface area (Å²) in [7, 11) is 0. The lowest BCUT2D eigenvalue weighted by molar-refractivity contribution is 0.661. The molecule has 268 valence electrons. The number of fused-ring (bicyclic) bond motifs is 7. The van der Waals surface area contributed by atoms with Crippen molar-refractivity contribution in [2.45, 2.75) is 19.3 Å². The van der Waals surface area contributed by atoms with Gasteiger partial charge in [0, 0.05) is 22.1 Å². The summed E-state index contributed by atoms with van der Waals surface area (Å²) < 4.78 is 0. The molecule has 2 nitrogen and oxygen atoms in total. The van der Waals surface area contributed by atoms with Gasteiger partial charge in [-0.25, -0.2) is 9.97 Å². The van der Waals surface area contributed by atoms with Crippen LogP contribution in [-0.2, 0) is 5.41 Å². The van der Waals surface area contributed by atoms with E-state index >= 15 is 0 Å². The lowest BCUT2D eigenvalue weighted by Gasteiger charge is -2.22. The topological polar surface area (TPSA) is 25.8 Å². The molecule has 0 bridgehead atoms. The predicted molar refractivity (Wildman–Crippen MR) is 239 cm³/mol. The number of aromatic nitrogens is 2. The van der Waals surface area contributed by atoms with Crippen LogP contribution in [0.5, 0.6) is 0 Å². The standard InChI is InChI=1S/C55H38N2/c1-55(2)48-29-15-28-46(53(48)52-39-22-9-7-17-36(39)30-33-49(52)55)44-31-32-47(43-25-11-10-23-41(43)44)54-56-50(37-18-4-3-5-19-37)34-51(57-54)45-26-13-12-24-42(45)40-27-14-20-35-16-6-8-21-38(35)40/h3-34H,1-2H3. The molecule has 0 atom stereocenters. The molecular weight excluding hydrogens is 689 g/mol. The minimum atomic E-state index is -0.120. The van der Waals surface area contributed by atoms with Gasteiger partial charge in [-0.1, -0.05) is 196 Å². The largest absolute Gasteiger partial charge is 0.228 e. The number of rotatable bonds is 5. The molecule has 57 heavy (non-hydrogen) atoms. The van der Waals surface area contributed by atoms with E-state index in [4.69, 9.17) is 9.97 Å². The van der Waals surface area contributed by atoms with Gasteiger partial charge < -0.3 is 0 Å². The van der Waals surface area contributed by atoms with Gasteiger partial charge in [-0.15, -0.1) is 0 Å². The van der Waals surface area contributed by atoms with E-state index in [2.05, 4.69) is 208 Å². The van der Waals surface area contributed by atoms with Crippen LogP contribution in [0, 0.1) is 0 Å². The SMILES string of the molecule is CC1(C)c2cccc(-c3ccc(-c4nc(-c5ccccc5)cc(-c5ccccc5-c5cccc6ccccc56)n4)c4ccccc34)c2-c2c1ccc1ccccc21.